The second-order valence-corrected chi connectivity index (χ2v) is 10.9. The van der Waals surface area contributed by atoms with Gasteiger partial charge in [0.15, 0.2) is 9.79 Å². The van der Waals surface area contributed by atoms with Gasteiger partial charge in [0.05, 0.1) is 22.8 Å². The molecule has 4 aromatic carbocycles. The molecule has 0 fully saturated rings. The highest BCUT2D eigenvalue weighted by Crippen LogP contribution is 2.33. The van der Waals surface area contributed by atoms with Gasteiger partial charge in [-0.1, -0.05) is 77.8 Å². The third-order valence-electron chi connectivity index (χ3n) is 6.24. The Hall–Kier alpha value is -3.29. The quantitative estimate of drug-likeness (QED) is 0.284. The van der Waals surface area contributed by atoms with Crippen molar-refractivity contribution in [2.75, 3.05) is 5.32 Å². The van der Waals surface area contributed by atoms with Gasteiger partial charge in [0.25, 0.3) is 5.91 Å². The van der Waals surface area contributed by atoms with Gasteiger partial charge < -0.3 is 14.8 Å². The Balaban J connectivity index is 1.57. The van der Waals surface area contributed by atoms with Crippen molar-refractivity contribution in [2.24, 2.45) is 0 Å². The second-order valence-electron chi connectivity index (χ2n) is 8.62. The molecule has 4 aromatic rings. The molecule has 1 aliphatic heterocycles. The van der Waals surface area contributed by atoms with Gasteiger partial charge in [0.2, 0.25) is 5.91 Å². The van der Waals surface area contributed by atoms with Crippen molar-refractivity contribution in [2.45, 2.75) is 28.8 Å². The maximum Gasteiger partial charge on any atom is 0.258 e. The number of carbonyl (C=O) groups is 2. The maximum atomic E-state index is 14.0. The molecule has 0 saturated carbocycles. The molecule has 8 heteroatoms. The number of halogens is 2. The number of anilines is 1. The molecular weight excluding hydrogens is 527 g/mol. The minimum absolute atomic E-state index is 0.0733. The van der Waals surface area contributed by atoms with E-state index in [4.69, 9.17) is 23.2 Å². The van der Waals surface area contributed by atoms with Gasteiger partial charge in [-0.2, -0.15) is 0 Å². The number of rotatable bonds is 6. The fraction of sp³-hybridized carbons (Fsp3) is 0.103. The van der Waals surface area contributed by atoms with Crippen molar-refractivity contribution >= 4 is 51.9 Å². The van der Waals surface area contributed by atoms with Crippen LogP contribution in [-0.2, 0) is 28.9 Å². The van der Waals surface area contributed by atoms with Crippen LogP contribution < -0.4 is 5.32 Å². The van der Waals surface area contributed by atoms with Crippen LogP contribution in [0.1, 0.15) is 21.5 Å². The molecule has 1 N–H and O–H groups in total. The van der Waals surface area contributed by atoms with Crippen molar-refractivity contribution in [3.8, 4) is 0 Å². The van der Waals surface area contributed by atoms with Crippen LogP contribution in [0.25, 0.3) is 0 Å². The Kier molecular flexibility index (Phi) is 7.53. The lowest BCUT2D eigenvalue weighted by Gasteiger charge is -2.29. The number of carbonyl (C=O) groups excluding carboxylic acids is 2. The SMILES string of the molecule is O=C1Nc2cccc(Cl)c2C(=O)N(Cc2ccccc2[S+]([O-])c2ccc(Cl)cc2)[C@@H]1Cc1ccccc1. The topological polar surface area (TPSA) is 72.5 Å². The van der Waals surface area contributed by atoms with Crippen molar-refractivity contribution < 1.29 is 14.1 Å². The Bertz CT molecular complexity index is 1450. The predicted octanol–water partition coefficient (Wildman–Crippen LogP) is 6.37. The van der Waals surface area contributed by atoms with E-state index in [2.05, 4.69) is 5.32 Å². The number of hydrogen-bond donors (Lipinski definition) is 1. The highest BCUT2D eigenvalue weighted by Gasteiger charge is 2.37. The van der Waals surface area contributed by atoms with E-state index >= 15 is 0 Å². The van der Waals surface area contributed by atoms with Gasteiger partial charge in [-0.15, -0.1) is 0 Å². The zero-order chi connectivity index (χ0) is 25.9. The average molecular weight is 549 g/mol. The van der Waals surface area contributed by atoms with Crippen LogP contribution in [0.4, 0.5) is 5.69 Å². The van der Waals surface area contributed by atoms with E-state index in [1.165, 1.54) is 4.90 Å². The van der Waals surface area contributed by atoms with Crippen LogP contribution in [0.15, 0.2) is 107 Å². The Morgan fingerprint density at radius 1 is 0.838 bits per heavy atom. The number of hydrogen-bond acceptors (Lipinski definition) is 3. The molecule has 0 radical (unpaired) electrons. The molecule has 5 nitrogen and oxygen atoms in total. The Morgan fingerprint density at radius 2 is 1.54 bits per heavy atom. The molecule has 1 heterocycles. The monoisotopic (exact) mass is 548 g/mol. The molecule has 2 amide bonds. The molecule has 186 valence electrons. The summed E-state index contributed by atoms with van der Waals surface area (Å²) in [6.07, 6.45) is 0.312. The lowest BCUT2D eigenvalue weighted by molar-refractivity contribution is -0.120. The predicted molar refractivity (Wildman–Crippen MR) is 146 cm³/mol. The largest absolute Gasteiger partial charge is 0.606 e. The van der Waals surface area contributed by atoms with E-state index in [9.17, 15) is 14.1 Å². The molecule has 5 rings (SSSR count). The Labute approximate surface area is 228 Å². The van der Waals surface area contributed by atoms with Crippen LogP contribution in [0.5, 0.6) is 0 Å². The van der Waals surface area contributed by atoms with Crippen molar-refractivity contribution in [3.63, 3.8) is 0 Å². The average Bonchev–Trinajstić information content (AvgIpc) is 3.00. The highest BCUT2D eigenvalue weighted by molar-refractivity contribution is 7.91. The second kappa shape index (κ2) is 11.0. The van der Waals surface area contributed by atoms with Gasteiger partial charge in [0.1, 0.15) is 6.04 Å². The summed E-state index contributed by atoms with van der Waals surface area (Å²) in [5.74, 6) is -0.679. The first-order valence-electron chi connectivity index (χ1n) is 11.6. The molecule has 2 atom stereocenters. The molecule has 1 unspecified atom stereocenters. The van der Waals surface area contributed by atoms with E-state index in [-0.39, 0.29) is 28.9 Å². The molecule has 37 heavy (non-hydrogen) atoms. The minimum Gasteiger partial charge on any atom is -0.606 e. The third-order valence-corrected chi connectivity index (χ3v) is 8.30. The van der Waals surface area contributed by atoms with E-state index in [1.807, 2.05) is 42.5 Å². The minimum atomic E-state index is -1.52. The summed E-state index contributed by atoms with van der Waals surface area (Å²) in [6.45, 7) is 0.0733. The van der Waals surface area contributed by atoms with E-state index < -0.39 is 17.2 Å². The van der Waals surface area contributed by atoms with E-state index in [0.29, 0.717) is 32.5 Å². The van der Waals surface area contributed by atoms with Gasteiger partial charge >= 0.3 is 0 Å². The first kappa shape index (κ1) is 25.4. The standard InChI is InChI=1S/C29H22Cl2N2O3S/c30-21-13-15-22(16-14-21)37(36)26-12-5-4-9-20(26)18-33-25(17-19-7-2-1-3-8-19)28(34)32-24-11-6-10-23(31)27(24)29(33)35/h1-16,25H,17-18H2,(H,32,34)/t25-,37?/m1/s1. The number of benzene rings is 4. The lowest BCUT2D eigenvalue weighted by Crippen LogP contribution is -2.46. The fourth-order valence-corrected chi connectivity index (χ4v) is 5.99. The molecule has 0 saturated heterocycles. The van der Waals surface area contributed by atoms with Crippen molar-refractivity contribution in [1.82, 2.24) is 4.90 Å². The fourth-order valence-electron chi connectivity index (χ4n) is 4.39. The molecule has 0 aromatic heterocycles. The molecular formula is C29H22Cl2N2O3S. The van der Waals surface area contributed by atoms with Crippen molar-refractivity contribution in [3.05, 3.63) is 124 Å². The van der Waals surface area contributed by atoms with Gasteiger partial charge in [-0.05, 0) is 48.0 Å². The number of nitrogens with zero attached hydrogens (tertiary/aromatic N) is 1. The van der Waals surface area contributed by atoms with Gasteiger partial charge in [0, 0.05) is 28.2 Å². The zero-order valence-electron chi connectivity index (χ0n) is 19.6. The summed E-state index contributed by atoms with van der Waals surface area (Å²) >= 11 is 10.9. The summed E-state index contributed by atoms with van der Waals surface area (Å²) in [6, 6.07) is 27.8. The van der Waals surface area contributed by atoms with E-state index in [0.717, 1.165) is 5.56 Å². The summed E-state index contributed by atoms with van der Waals surface area (Å²) < 4.78 is 13.5. The molecule has 0 spiro atoms. The zero-order valence-corrected chi connectivity index (χ0v) is 21.9. The summed E-state index contributed by atoms with van der Waals surface area (Å²) in [7, 11) is 0. The van der Waals surface area contributed by atoms with Gasteiger partial charge in [-0.25, -0.2) is 0 Å². The van der Waals surface area contributed by atoms with Crippen LogP contribution in [-0.4, -0.2) is 27.3 Å². The highest BCUT2D eigenvalue weighted by atomic mass is 35.5. The summed E-state index contributed by atoms with van der Waals surface area (Å²) in [5.41, 5.74) is 2.20. The smallest absolute Gasteiger partial charge is 0.258 e. The van der Waals surface area contributed by atoms with E-state index in [1.54, 1.807) is 54.6 Å². The first-order valence-corrected chi connectivity index (χ1v) is 13.5. The van der Waals surface area contributed by atoms with Crippen molar-refractivity contribution in [1.29, 1.82) is 0 Å². The third kappa shape index (κ3) is 5.38. The first-order chi connectivity index (χ1) is 17.9. The number of nitrogens with one attached hydrogen (secondary N) is 1. The Morgan fingerprint density at radius 3 is 2.30 bits per heavy atom. The van der Waals surface area contributed by atoms with Gasteiger partial charge in [-0.3, -0.25) is 9.59 Å². The van der Waals surface area contributed by atoms with Crippen LogP contribution >= 0.6 is 23.2 Å². The molecule has 0 aliphatic carbocycles. The normalized spacial score (nSPS) is 16.1. The van der Waals surface area contributed by atoms with Crippen LogP contribution in [0.2, 0.25) is 10.0 Å². The summed E-state index contributed by atoms with van der Waals surface area (Å²) in [4.78, 5) is 30.1. The number of fused-ring (bicyclic) bond motifs is 1. The van der Waals surface area contributed by atoms with Crippen LogP contribution in [0, 0.1) is 0 Å². The molecule has 1 aliphatic rings. The van der Waals surface area contributed by atoms with Crippen LogP contribution in [0.3, 0.4) is 0 Å². The lowest BCUT2D eigenvalue weighted by atomic mass is 10.0. The number of amides is 2. The summed E-state index contributed by atoms with van der Waals surface area (Å²) in [5, 5.41) is 3.70. The maximum absolute atomic E-state index is 14.0. The molecule has 0 bridgehead atoms.